The van der Waals surface area contributed by atoms with E-state index in [2.05, 4.69) is 5.32 Å². The van der Waals surface area contributed by atoms with Gasteiger partial charge < -0.3 is 25.4 Å². The predicted molar refractivity (Wildman–Crippen MR) is 106 cm³/mol. The average molecular weight is 389 g/mol. The first kappa shape index (κ1) is 20.6. The van der Waals surface area contributed by atoms with Crippen LogP contribution in [-0.2, 0) is 9.53 Å². The van der Waals surface area contributed by atoms with Gasteiger partial charge in [-0.3, -0.25) is 9.59 Å². The number of nitrogens with two attached hydrogens (primary N) is 1. The quantitative estimate of drug-likeness (QED) is 0.770. The van der Waals surface area contributed by atoms with E-state index in [4.69, 9.17) is 15.2 Å². The third kappa shape index (κ3) is 5.23. The zero-order valence-electron chi connectivity index (χ0n) is 16.6. The summed E-state index contributed by atoms with van der Waals surface area (Å²) in [6, 6.07) is 6.83. The molecule has 2 fully saturated rings. The molecule has 1 atom stereocenters. The van der Waals surface area contributed by atoms with Crippen molar-refractivity contribution < 1.29 is 19.1 Å². The van der Waals surface area contributed by atoms with Gasteiger partial charge in [-0.25, -0.2) is 0 Å². The van der Waals surface area contributed by atoms with E-state index in [0.29, 0.717) is 38.5 Å². The van der Waals surface area contributed by atoms with Crippen LogP contribution in [0.1, 0.15) is 43.0 Å². The van der Waals surface area contributed by atoms with E-state index in [0.717, 1.165) is 31.4 Å². The summed E-state index contributed by atoms with van der Waals surface area (Å²) in [5, 5.41) is 3.08. The highest BCUT2D eigenvalue weighted by Gasteiger charge is 2.30. The van der Waals surface area contributed by atoms with E-state index in [-0.39, 0.29) is 23.8 Å². The molecule has 2 aliphatic rings. The molecule has 3 rings (SSSR count). The number of benzene rings is 1. The monoisotopic (exact) mass is 389 g/mol. The Morgan fingerprint density at radius 3 is 2.43 bits per heavy atom. The molecule has 0 radical (unpaired) electrons. The van der Waals surface area contributed by atoms with Gasteiger partial charge in [-0.1, -0.05) is 0 Å². The highest BCUT2D eigenvalue weighted by atomic mass is 16.5. The summed E-state index contributed by atoms with van der Waals surface area (Å²) in [5.74, 6) is 0.895. The number of nitrogens with one attached hydrogen (secondary N) is 1. The minimum atomic E-state index is -0.479. The summed E-state index contributed by atoms with van der Waals surface area (Å²) in [6.45, 7) is 5.14. The molecule has 3 N–H and O–H groups in total. The molecule has 1 aromatic carbocycles. The summed E-state index contributed by atoms with van der Waals surface area (Å²) in [7, 11) is 0. The van der Waals surface area contributed by atoms with Gasteiger partial charge in [0.25, 0.3) is 5.91 Å². The fraction of sp³-hybridized carbons (Fsp3) is 0.619. The van der Waals surface area contributed by atoms with E-state index in [9.17, 15) is 9.59 Å². The van der Waals surface area contributed by atoms with Crippen LogP contribution in [0, 0.1) is 5.92 Å². The second-order valence-electron chi connectivity index (χ2n) is 7.51. The molecule has 28 heavy (non-hydrogen) atoms. The van der Waals surface area contributed by atoms with Crippen molar-refractivity contribution in [1.82, 2.24) is 10.2 Å². The van der Waals surface area contributed by atoms with E-state index in [1.165, 1.54) is 0 Å². The zero-order chi connectivity index (χ0) is 19.9. The van der Waals surface area contributed by atoms with Crippen molar-refractivity contribution in [2.45, 2.75) is 44.7 Å². The average Bonchev–Trinajstić information content (AvgIpc) is 2.74. The first-order valence-electron chi connectivity index (χ1n) is 10.2. The Bertz CT molecular complexity index is 650. The molecule has 2 saturated heterocycles. The minimum Gasteiger partial charge on any atom is -0.494 e. The van der Waals surface area contributed by atoms with Crippen molar-refractivity contribution >= 4 is 11.8 Å². The highest BCUT2D eigenvalue weighted by molar-refractivity contribution is 5.94. The van der Waals surface area contributed by atoms with Gasteiger partial charge in [-0.15, -0.1) is 0 Å². The number of amides is 2. The van der Waals surface area contributed by atoms with Gasteiger partial charge in [0.2, 0.25) is 5.91 Å². The van der Waals surface area contributed by atoms with Crippen LogP contribution < -0.4 is 15.8 Å². The Balaban J connectivity index is 1.45. The van der Waals surface area contributed by atoms with Gasteiger partial charge in [0.15, 0.2) is 0 Å². The Hall–Kier alpha value is -2.12. The summed E-state index contributed by atoms with van der Waals surface area (Å²) in [4.78, 5) is 27.0. The minimum absolute atomic E-state index is 0.0201. The van der Waals surface area contributed by atoms with Gasteiger partial charge in [0.1, 0.15) is 5.75 Å². The van der Waals surface area contributed by atoms with Crippen molar-refractivity contribution in [2.75, 3.05) is 32.9 Å². The lowest BCUT2D eigenvalue weighted by atomic mass is 9.91. The Kier molecular flexibility index (Phi) is 7.28. The molecule has 7 nitrogen and oxygen atoms in total. The maximum atomic E-state index is 12.7. The number of hydrogen-bond acceptors (Lipinski definition) is 5. The number of hydrogen-bond donors (Lipinski definition) is 2. The van der Waals surface area contributed by atoms with Gasteiger partial charge >= 0.3 is 0 Å². The highest BCUT2D eigenvalue weighted by Crippen LogP contribution is 2.20. The third-order valence-electron chi connectivity index (χ3n) is 5.62. The van der Waals surface area contributed by atoms with Gasteiger partial charge in [0.05, 0.1) is 12.6 Å². The number of piperidine rings is 1. The van der Waals surface area contributed by atoms with E-state index >= 15 is 0 Å². The molecule has 0 saturated carbocycles. The van der Waals surface area contributed by atoms with E-state index in [1.807, 2.05) is 24.0 Å². The van der Waals surface area contributed by atoms with Crippen LogP contribution in [0.25, 0.3) is 0 Å². The summed E-state index contributed by atoms with van der Waals surface area (Å²) >= 11 is 0. The summed E-state index contributed by atoms with van der Waals surface area (Å²) in [6.07, 6.45) is 3.16. The number of likely N-dealkylation sites (tertiary alicyclic amines) is 1. The molecule has 7 heteroatoms. The molecular weight excluding hydrogens is 358 g/mol. The molecule has 0 bridgehead atoms. The molecule has 1 aromatic rings. The topological polar surface area (TPSA) is 93.9 Å². The molecule has 2 heterocycles. The molecule has 2 aliphatic heterocycles. The molecular formula is C21H31N3O4. The van der Waals surface area contributed by atoms with Gasteiger partial charge in [0, 0.05) is 37.9 Å². The summed E-state index contributed by atoms with van der Waals surface area (Å²) < 4.78 is 10.8. The number of ether oxygens (including phenoxy) is 2. The second-order valence-corrected chi connectivity index (χ2v) is 7.51. The van der Waals surface area contributed by atoms with E-state index in [1.54, 1.807) is 12.1 Å². The first-order chi connectivity index (χ1) is 13.6. The molecule has 1 unspecified atom stereocenters. The lowest BCUT2D eigenvalue weighted by Gasteiger charge is -2.34. The van der Waals surface area contributed by atoms with Crippen molar-refractivity contribution in [3.63, 3.8) is 0 Å². The molecule has 0 aromatic heterocycles. The Morgan fingerprint density at radius 1 is 1.18 bits per heavy atom. The molecule has 154 valence electrons. The molecule has 0 aliphatic carbocycles. The number of rotatable bonds is 6. The maximum Gasteiger partial charge on any atom is 0.253 e. The molecule has 0 spiro atoms. The fourth-order valence-electron chi connectivity index (χ4n) is 3.86. The van der Waals surface area contributed by atoms with Gasteiger partial charge in [-0.05, 0) is 62.8 Å². The van der Waals surface area contributed by atoms with Gasteiger partial charge in [-0.2, -0.15) is 0 Å². The van der Waals surface area contributed by atoms with Crippen molar-refractivity contribution in [3.8, 4) is 5.75 Å². The Morgan fingerprint density at radius 2 is 1.82 bits per heavy atom. The van der Waals surface area contributed by atoms with Crippen molar-refractivity contribution in [1.29, 1.82) is 0 Å². The standard InChI is InChI=1S/C21H31N3O4/c1-2-28-18-5-3-16(4-6-18)21(26)24-11-7-17(8-12-24)23-20(25)19(22)15-9-13-27-14-10-15/h3-6,15,17,19H,2,7-14,22H2,1H3,(H,23,25). The first-order valence-corrected chi connectivity index (χ1v) is 10.2. The van der Waals surface area contributed by atoms with Crippen LogP contribution in [-0.4, -0.2) is 61.7 Å². The molecule has 2 amide bonds. The van der Waals surface area contributed by atoms with Crippen LogP contribution >= 0.6 is 0 Å². The van der Waals surface area contributed by atoms with Crippen molar-refractivity contribution in [2.24, 2.45) is 11.7 Å². The van der Waals surface area contributed by atoms with Crippen LogP contribution in [0.4, 0.5) is 0 Å². The fourth-order valence-corrected chi connectivity index (χ4v) is 3.86. The van der Waals surface area contributed by atoms with Crippen LogP contribution in [0.2, 0.25) is 0 Å². The summed E-state index contributed by atoms with van der Waals surface area (Å²) in [5.41, 5.74) is 6.81. The van der Waals surface area contributed by atoms with Crippen LogP contribution in [0.15, 0.2) is 24.3 Å². The third-order valence-corrected chi connectivity index (χ3v) is 5.62. The Labute approximate surface area is 166 Å². The predicted octanol–water partition coefficient (Wildman–Crippen LogP) is 1.56. The van der Waals surface area contributed by atoms with Crippen LogP contribution in [0.5, 0.6) is 5.75 Å². The lowest BCUT2D eigenvalue weighted by molar-refractivity contribution is -0.125. The van der Waals surface area contributed by atoms with Crippen LogP contribution in [0.3, 0.4) is 0 Å². The number of carbonyl (C=O) groups excluding carboxylic acids is 2. The normalized spacial score (nSPS) is 19.9. The van der Waals surface area contributed by atoms with E-state index < -0.39 is 6.04 Å². The maximum absolute atomic E-state index is 12.7. The SMILES string of the molecule is CCOc1ccc(C(=O)N2CCC(NC(=O)C(N)C3CCOCC3)CC2)cc1. The smallest absolute Gasteiger partial charge is 0.253 e. The second kappa shape index (κ2) is 9.89. The largest absolute Gasteiger partial charge is 0.494 e. The zero-order valence-corrected chi connectivity index (χ0v) is 16.6. The lowest BCUT2D eigenvalue weighted by Crippen LogP contribution is -2.53. The number of carbonyl (C=O) groups is 2. The van der Waals surface area contributed by atoms with Crippen molar-refractivity contribution in [3.05, 3.63) is 29.8 Å². The number of nitrogens with zero attached hydrogens (tertiary/aromatic N) is 1.